The van der Waals surface area contributed by atoms with Gasteiger partial charge in [-0.2, -0.15) is 0 Å². The van der Waals surface area contributed by atoms with Crippen LogP contribution in [0.25, 0.3) is 10.9 Å². The molecule has 0 aliphatic carbocycles. The molecule has 0 bridgehead atoms. The van der Waals surface area contributed by atoms with Gasteiger partial charge >= 0.3 is 0 Å². The Kier molecular flexibility index (Phi) is 3.48. The summed E-state index contributed by atoms with van der Waals surface area (Å²) in [7, 11) is 0. The van der Waals surface area contributed by atoms with Crippen molar-refractivity contribution in [2.75, 3.05) is 18.6 Å². The molecular weight excluding hydrogens is 268 g/mol. The van der Waals surface area contributed by atoms with Crippen LogP contribution in [0.5, 0.6) is 0 Å². The number of benzene rings is 1. The van der Waals surface area contributed by atoms with Gasteiger partial charge in [0.2, 0.25) is 0 Å². The van der Waals surface area contributed by atoms with Crippen LogP contribution in [0.2, 0.25) is 0 Å². The fraction of sp³-hybridized carbons (Fsp3) is 0.333. The zero-order valence-electron chi connectivity index (χ0n) is 11.8. The third kappa shape index (κ3) is 2.68. The van der Waals surface area contributed by atoms with E-state index in [0.717, 1.165) is 17.3 Å². The van der Waals surface area contributed by atoms with Crippen LogP contribution in [0, 0.1) is 0 Å². The highest BCUT2D eigenvalue weighted by Gasteiger charge is 2.32. The second-order valence-electron chi connectivity index (χ2n) is 5.53. The lowest BCUT2D eigenvalue weighted by molar-refractivity contribution is 0.0885. The maximum Gasteiger partial charge on any atom is 0.270 e. The lowest BCUT2D eigenvalue weighted by atomic mass is 10.0. The molecule has 21 heavy (non-hydrogen) atoms. The average molecular weight is 286 g/mol. The Balaban J connectivity index is 1.94. The largest absolute Gasteiger partial charge is 0.379 e. The quantitative estimate of drug-likeness (QED) is 0.586. The Bertz CT molecular complexity index is 680. The Morgan fingerprint density at radius 1 is 1.43 bits per heavy atom. The Labute approximate surface area is 122 Å². The summed E-state index contributed by atoms with van der Waals surface area (Å²) in [5.74, 6) is 5.33. The van der Waals surface area contributed by atoms with Crippen molar-refractivity contribution < 1.29 is 9.53 Å². The fourth-order valence-electron chi connectivity index (χ4n) is 2.51. The topological polar surface area (TPSA) is 89.3 Å². The molecule has 0 spiro atoms. The summed E-state index contributed by atoms with van der Waals surface area (Å²) < 4.78 is 5.34. The lowest BCUT2D eigenvalue weighted by Crippen LogP contribution is -2.46. The van der Waals surface area contributed by atoms with Crippen LogP contribution in [0.3, 0.4) is 0 Å². The number of pyridine rings is 1. The van der Waals surface area contributed by atoms with E-state index in [0.29, 0.717) is 24.6 Å². The molecule has 2 aromatic rings. The summed E-state index contributed by atoms with van der Waals surface area (Å²) in [4.78, 5) is 16.8. The molecule has 6 heteroatoms. The molecule has 1 fully saturated rings. The van der Waals surface area contributed by atoms with Gasteiger partial charge in [0.05, 0.1) is 23.3 Å². The minimum Gasteiger partial charge on any atom is -0.379 e. The Morgan fingerprint density at radius 3 is 2.95 bits per heavy atom. The van der Waals surface area contributed by atoms with E-state index in [1.54, 1.807) is 6.07 Å². The fourth-order valence-corrected chi connectivity index (χ4v) is 2.51. The summed E-state index contributed by atoms with van der Waals surface area (Å²) in [6, 6.07) is 9.21. The van der Waals surface area contributed by atoms with Crippen molar-refractivity contribution in [1.82, 2.24) is 10.3 Å². The summed E-state index contributed by atoms with van der Waals surface area (Å²) in [5.41, 5.74) is 4.04. The number of amides is 1. The third-order valence-electron chi connectivity index (χ3n) is 3.74. The van der Waals surface area contributed by atoms with Crippen LogP contribution in [-0.2, 0) is 4.74 Å². The number of hydrogen-bond acceptors (Lipinski definition) is 5. The highest BCUT2D eigenvalue weighted by molar-refractivity contribution is 5.99. The van der Waals surface area contributed by atoms with E-state index in [4.69, 9.17) is 10.6 Å². The lowest BCUT2D eigenvalue weighted by Gasteiger charge is -2.23. The molecule has 1 saturated heterocycles. The van der Waals surface area contributed by atoms with Gasteiger partial charge in [-0.25, -0.2) is 4.98 Å². The summed E-state index contributed by atoms with van der Waals surface area (Å²) in [6.07, 6.45) is 0.800. The van der Waals surface area contributed by atoms with Crippen LogP contribution < -0.4 is 16.6 Å². The minimum atomic E-state index is -0.333. The molecule has 6 nitrogen and oxygen atoms in total. The number of nitrogens with one attached hydrogen (secondary N) is 2. The number of fused-ring (bicyclic) bond motifs is 1. The summed E-state index contributed by atoms with van der Waals surface area (Å²) >= 11 is 0. The first kappa shape index (κ1) is 13.8. The number of para-hydroxylation sites is 1. The smallest absolute Gasteiger partial charge is 0.270 e. The van der Waals surface area contributed by atoms with Gasteiger partial charge in [-0.1, -0.05) is 18.2 Å². The van der Waals surface area contributed by atoms with Crippen LogP contribution in [0.1, 0.15) is 23.8 Å². The van der Waals surface area contributed by atoms with Crippen molar-refractivity contribution in [1.29, 1.82) is 0 Å². The second kappa shape index (κ2) is 5.31. The first-order chi connectivity index (χ1) is 10.1. The molecule has 1 aromatic carbocycles. The third-order valence-corrected chi connectivity index (χ3v) is 3.74. The number of nitrogen functional groups attached to an aromatic ring is 1. The van der Waals surface area contributed by atoms with Crippen molar-refractivity contribution in [3.05, 3.63) is 36.0 Å². The van der Waals surface area contributed by atoms with Gasteiger partial charge < -0.3 is 15.5 Å². The number of hydrogen-bond donors (Lipinski definition) is 3. The molecule has 3 rings (SSSR count). The molecule has 1 amide bonds. The first-order valence-electron chi connectivity index (χ1n) is 6.88. The van der Waals surface area contributed by atoms with Gasteiger partial charge in [0, 0.05) is 12.0 Å². The molecule has 1 aromatic heterocycles. The van der Waals surface area contributed by atoms with E-state index >= 15 is 0 Å². The monoisotopic (exact) mass is 286 g/mol. The number of nitrogens with two attached hydrogens (primary N) is 1. The van der Waals surface area contributed by atoms with Gasteiger partial charge in [0.25, 0.3) is 5.91 Å². The van der Waals surface area contributed by atoms with Crippen molar-refractivity contribution in [2.24, 2.45) is 5.84 Å². The van der Waals surface area contributed by atoms with E-state index < -0.39 is 0 Å². The van der Waals surface area contributed by atoms with E-state index in [1.165, 1.54) is 0 Å². The number of nitrogens with zero attached hydrogens (tertiary/aromatic N) is 1. The normalized spacial score (nSPS) is 21.4. The van der Waals surface area contributed by atoms with Crippen molar-refractivity contribution in [2.45, 2.75) is 18.9 Å². The van der Waals surface area contributed by atoms with E-state index in [9.17, 15) is 4.79 Å². The van der Waals surface area contributed by atoms with Gasteiger partial charge in [-0.05, 0) is 25.5 Å². The zero-order valence-corrected chi connectivity index (χ0v) is 11.8. The van der Waals surface area contributed by atoms with Gasteiger partial charge in [0.15, 0.2) is 0 Å². The summed E-state index contributed by atoms with van der Waals surface area (Å²) in [6.45, 7) is 3.16. The number of carbonyl (C=O) groups excluding carboxylic acids is 1. The zero-order chi connectivity index (χ0) is 14.9. The summed E-state index contributed by atoms with van der Waals surface area (Å²) in [5, 5.41) is 3.87. The number of anilines is 1. The van der Waals surface area contributed by atoms with E-state index in [2.05, 4.69) is 15.7 Å². The number of ether oxygens (including phenoxy) is 1. The van der Waals surface area contributed by atoms with Gasteiger partial charge in [-0.3, -0.25) is 10.6 Å². The first-order valence-corrected chi connectivity index (χ1v) is 6.88. The number of rotatable bonds is 3. The maximum absolute atomic E-state index is 12.4. The predicted molar refractivity (Wildman–Crippen MR) is 80.9 cm³/mol. The van der Waals surface area contributed by atoms with E-state index in [1.807, 2.05) is 31.2 Å². The molecule has 0 radical (unpaired) electrons. The van der Waals surface area contributed by atoms with Crippen LogP contribution in [0.15, 0.2) is 30.3 Å². The molecule has 0 saturated carbocycles. The minimum absolute atomic E-state index is 0.217. The van der Waals surface area contributed by atoms with E-state index in [-0.39, 0.29) is 11.4 Å². The number of carbonyl (C=O) groups is 1. The number of hydrazine groups is 1. The molecule has 1 aliphatic rings. The highest BCUT2D eigenvalue weighted by Crippen LogP contribution is 2.23. The Hall–Kier alpha value is -2.18. The SMILES string of the molecule is CC1(NC(=O)c2cc(NN)c3ccccc3n2)CCOC1. The Morgan fingerprint density at radius 2 is 2.24 bits per heavy atom. The van der Waals surface area contributed by atoms with Crippen LogP contribution in [0.4, 0.5) is 5.69 Å². The predicted octanol–water partition coefficient (Wildman–Crippen LogP) is 1.43. The molecule has 2 heterocycles. The van der Waals surface area contributed by atoms with Gasteiger partial charge in [-0.15, -0.1) is 0 Å². The highest BCUT2D eigenvalue weighted by atomic mass is 16.5. The van der Waals surface area contributed by atoms with Crippen molar-refractivity contribution in [3.63, 3.8) is 0 Å². The van der Waals surface area contributed by atoms with Gasteiger partial charge in [0.1, 0.15) is 5.69 Å². The van der Waals surface area contributed by atoms with Crippen LogP contribution in [-0.4, -0.2) is 29.6 Å². The molecule has 1 atom stereocenters. The molecule has 4 N–H and O–H groups in total. The van der Waals surface area contributed by atoms with Crippen LogP contribution >= 0.6 is 0 Å². The molecule has 1 aliphatic heterocycles. The molecular formula is C15H18N4O2. The van der Waals surface area contributed by atoms with Crippen molar-refractivity contribution >= 4 is 22.5 Å². The number of aromatic nitrogens is 1. The van der Waals surface area contributed by atoms with Crippen molar-refractivity contribution in [3.8, 4) is 0 Å². The standard InChI is InChI=1S/C15H18N4O2/c1-15(6-7-21-9-15)18-14(20)13-8-12(19-16)10-4-2-3-5-11(10)17-13/h2-5,8H,6-7,9,16H2,1H3,(H,17,19)(H,18,20). The maximum atomic E-state index is 12.4. The average Bonchev–Trinajstić information content (AvgIpc) is 2.92. The molecule has 1 unspecified atom stereocenters. The molecule has 110 valence electrons. The second-order valence-corrected chi connectivity index (χ2v) is 5.53.